The second-order valence-corrected chi connectivity index (χ2v) is 5.83. The van der Waals surface area contributed by atoms with E-state index in [4.69, 9.17) is 10.5 Å². The summed E-state index contributed by atoms with van der Waals surface area (Å²) in [7, 11) is 0. The van der Waals surface area contributed by atoms with Crippen LogP contribution in [0.25, 0.3) is 0 Å². The van der Waals surface area contributed by atoms with Gasteiger partial charge < -0.3 is 15.4 Å². The number of nitrogens with zero attached hydrogens (tertiary/aromatic N) is 1. The van der Waals surface area contributed by atoms with Gasteiger partial charge in [0.25, 0.3) is 0 Å². The minimum atomic E-state index is -0.524. The molecule has 1 rings (SSSR count). The van der Waals surface area contributed by atoms with Crippen LogP contribution in [0.5, 0.6) is 0 Å². The van der Waals surface area contributed by atoms with E-state index < -0.39 is 11.6 Å². The molecule has 1 aliphatic heterocycles. The fourth-order valence-corrected chi connectivity index (χ4v) is 2.17. The quantitative estimate of drug-likeness (QED) is 0.762. The summed E-state index contributed by atoms with van der Waals surface area (Å²) in [5.41, 5.74) is 5.36. The van der Waals surface area contributed by atoms with Crippen LogP contribution in [0.2, 0.25) is 0 Å². The molecular formula is C13H24N2O3. The molecule has 0 bridgehead atoms. The molecule has 1 saturated heterocycles. The van der Waals surface area contributed by atoms with E-state index in [1.807, 2.05) is 27.7 Å². The molecule has 0 aromatic carbocycles. The summed E-state index contributed by atoms with van der Waals surface area (Å²) in [4.78, 5) is 25.2. The smallest absolute Gasteiger partial charge is 0.326 e. The number of nitrogens with two attached hydrogens (primary N) is 1. The molecule has 0 radical (unpaired) electrons. The Hall–Kier alpha value is -1.10. The summed E-state index contributed by atoms with van der Waals surface area (Å²) in [6, 6.07) is -0.480. The zero-order chi connectivity index (χ0) is 13.9. The first-order valence-corrected chi connectivity index (χ1v) is 6.51. The average Bonchev–Trinajstić information content (AvgIpc) is 2.22. The summed E-state index contributed by atoms with van der Waals surface area (Å²) in [5.74, 6) is -0.288. The molecule has 0 aromatic heterocycles. The van der Waals surface area contributed by atoms with Crippen LogP contribution in [-0.2, 0) is 14.3 Å². The lowest BCUT2D eigenvalue weighted by Gasteiger charge is -2.35. The van der Waals surface area contributed by atoms with Crippen LogP contribution >= 0.6 is 0 Å². The number of rotatable bonds is 3. The molecule has 0 unspecified atom stereocenters. The van der Waals surface area contributed by atoms with Gasteiger partial charge >= 0.3 is 5.97 Å². The molecule has 104 valence electrons. The van der Waals surface area contributed by atoms with Crippen LogP contribution in [0.15, 0.2) is 0 Å². The lowest BCUT2D eigenvalue weighted by Crippen LogP contribution is -2.54. The Morgan fingerprint density at radius 3 is 2.61 bits per heavy atom. The number of hydrogen-bond donors (Lipinski definition) is 1. The molecule has 2 atom stereocenters. The molecule has 18 heavy (non-hydrogen) atoms. The topological polar surface area (TPSA) is 72.6 Å². The van der Waals surface area contributed by atoms with Crippen molar-refractivity contribution in [2.24, 2.45) is 11.7 Å². The fourth-order valence-electron chi connectivity index (χ4n) is 2.17. The van der Waals surface area contributed by atoms with Crippen LogP contribution in [0.1, 0.15) is 40.5 Å². The first-order valence-electron chi connectivity index (χ1n) is 6.51. The molecule has 5 heteroatoms. The van der Waals surface area contributed by atoms with Crippen LogP contribution in [0.3, 0.4) is 0 Å². The van der Waals surface area contributed by atoms with Crippen molar-refractivity contribution in [2.75, 3.05) is 13.1 Å². The number of amides is 1. The maximum Gasteiger partial charge on any atom is 0.326 e. The van der Waals surface area contributed by atoms with Crippen molar-refractivity contribution in [3.63, 3.8) is 0 Å². The summed E-state index contributed by atoms with van der Waals surface area (Å²) >= 11 is 0. The number of piperidine rings is 1. The maximum atomic E-state index is 12.0. The molecule has 1 fully saturated rings. The summed E-state index contributed by atoms with van der Waals surface area (Å²) in [5, 5.41) is 0. The van der Waals surface area contributed by atoms with E-state index in [2.05, 4.69) is 0 Å². The summed E-state index contributed by atoms with van der Waals surface area (Å²) in [6.07, 6.45) is 1.75. The second-order valence-electron chi connectivity index (χ2n) is 5.83. The van der Waals surface area contributed by atoms with Crippen molar-refractivity contribution >= 4 is 11.9 Å². The first-order chi connectivity index (χ1) is 8.24. The molecule has 1 heterocycles. The highest BCUT2D eigenvalue weighted by Gasteiger charge is 2.34. The van der Waals surface area contributed by atoms with Crippen molar-refractivity contribution in [3.05, 3.63) is 0 Å². The number of esters is 1. The number of carbonyl (C=O) groups is 2. The minimum absolute atomic E-state index is 0.000236. The second kappa shape index (κ2) is 5.69. The van der Waals surface area contributed by atoms with Crippen molar-refractivity contribution in [1.82, 2.24) is 4.90 Å². The number of hydrogen-bond acceptors (Lipinski definition) is 4. The zero-order valence-corrected chi connectivity index (χ0v) is 11.7. The van der Waals surface area contributed by atoms with Gasteiger partial charge in [0.2, 0.25) is 5.91 Å². The fraction of sp³-hybridized carbons (Fsp3) is 0.846. The third-order valence-corrected chi connectivity index (χ3v) is 3.14. The third-order valence-electron chi connectivity index (χ3n) is 3.14. The van der Waals surface area contributed by atoms with E-state index in [1.54, 1.807) is 0 Å². The van der Waals surface area contributed by atoms with Gasteiger partial charge in [0, 0.05) is 6.54 Å². The van der Waals surface area contributed by atoms with Crippen LogP contribution < -0.4 is 5.73 Å². The zero-order valence-electron chi connectivity index (χ0n) is 11.7. The molecule has 0 aliphatic carbocycles. The minimum Gasteiger partial charge on any atom is -0.459 e. The van der Waals surface area contributed by atoms with Gasteiger partial charge in [-0.1, -0.05) is 13.3 Å². The van der Waals surface area contributed by atoms with Crippen molar-refractivity contribution in [3.8, 4) is 0 Å². The predicted octanol–water partition coefficient (Wildman–Crippen LogP) is 0.914. The molecular weight excluding hydrogens is 232 g/mol. The van der Waals surface area contributed by atoms with Crippen molar-refractivity contribution < 1.29 is 14.3 Å². The highest BCUT2D eigenvalue weighted by Crippen LogP contribution is 2.20. The molecule has 1 amide bonds. The van der Waals surface area contributed by atoms with E-state index in [9.17, 15) is 9.59 Å². The largest absolute Gasteiger partial charge is 0.459 e. The summed E-state index contributed by atoms with van der Waals surface area (Å²) < 4.78 is 5.20. The Balaban J connectivity index is 2.54. The highest BCUT2D eigenvalue weighted by molar-refractivity contribution is 5.86. The first kappa shape index (κ1) is 15.0. The van der Waals surface area contributed by atoms with E-state index in [1.165, 1.54) is 4.90 Å². The van der Waals surface area contributed by atoms with Gasteiger partial charge in [0.15, 0.2) is 0 Å². The van der Waals surface area contributed by atoms with Gasteiger partial charge in [0.05, 0.1) is 6.04 Å². The molecule has 0 spiro atoms. The van der Waals surface area contributed by atoms with Crippen molar-refractivity contribution in [1.29, 1.82) is 0 Å². The highest BCUT2D eigenvalue weighted by atomic mass is 16.6. The number of carbonyl (C=O) groups excluding carboxylic acids is 2. The van der Waals surface area contributed by atoms with Gasteiger partial charge in [-0.25, -0.2) is 0 Å². The lowest BCUT2D eigenvalue weighted by molar-refractivity contribution is -0.160. The van der Waals surface area contributed by atoms with E-state index in [0.717, 1.165) is 12.8 Å². The van der Waals surface area contributed by atoms with Gasteiger partial charge in [-0.15, -0.1) is 0 Å². The Bertz CT molecular complexity index is 323. The number of ether oxygens (including phenoxy) is 1. The average molecular weight is 256 g/mol. The third kappa shape index (κ3) is 3.98. The lowest BCUT2D eigenvalue weighted by atomic mass is 9.89. The normalized spacial score (nSPS) is 25.2. The SMILES string of the molecule is CC[C@H]1CCN(CC(=O)OC(C)(C)C)C(=O)[C@@H]1N. The Labute approximate surface area is 109 Å². The van der Waals surface area contributed by atoms with Crippen LogP contribution in [0.4, 0.5) is 0 Å². The Morgan fingerprint density at radius 1 is 1.50 bits per heavy atom. The maximum absolute atomic E-state index is 12.0. The van der Waals surface area contributed by atoms with Gasteiger partial charge in [-0.2, -0.15) is 0 Å². The molecule has 5 nitrogen and oxygen atoms in total. The number of likely N-dealkylation sites (tertiary alicyclic amines) is 1. The van der Waals surface area contributed by atoms with E-state index >= 15 is 0 Å². The van der Waals surface area contributed by atoms with Crippen LogP contribution in [-0.4, -0.2) is 41.5 Å². The molecule has 2 N–H and O–H groups in total. The van der Waals surface area contributed by atoms with Crippen LogP contribution in [0, 0.1) is 5.92 Å². The van der Waals surface area contributed by atoms with Gasteiger partial charge in [-0.05, 0) is 33.1 Å². The Kier molecular flexibility index (Phi) is 4.73. The summed E-state index contributed by atoms with van der Waals surface area (Å²) in [6.45, 7) is 8.04. The monoisotopic (exact) mass is 256 g/mol. The molecule has 0 saturated carbocycles. The molecule has 1 aliphatic rings. The van der Waals surface area contributed by atoms with Gasteiger partial charge in [0.1, 0.15) is 12.1 Å². The van der Waals surface area contributed by atoms with Gasteiger partial charge in [-0.3, -0.25) is 9.59 Å². The predicted molar refractivity (Wildman–Crippen MR) is 68.8 cm³/mol. The standard InChI is InChI=1S/C13H24N2O3/c1-5-9-6-7-15(12(17)11(9)14)8-10(16)18-13(2,3)4/h9,11H,5-8,14H2,1-4H3/t9-,11+/m0/s1. The Morgan fingerprint density at radius 2 is 2.11 bits per heavy atom. The van der Waals surface area contributed by atoms with Crippen molar-refractivity contribution in [2.45, 2.75) is 52.2 Å². The molecule has 0 aromatic rings. The van der Waals surface area contributed by atoms with E-state index in [-0.39, 0.29) is 24.3 Å². The van der Waals surface area contributed by atoms with E-state index in [0.29, 0.717) is 6.54 Å².